The Balaban J connectivity index is 1.75. The molecular formula is C18H17BrN2O3. The second-order valence-corrected chi connectivity index (χ2v) is 5.62. The van der Waals surface area contributed by atoms with E-state index in [2.05, 4.69) is 33.0 Å². The summed E-state index contributed by atoms with van der Waals surface area (Å²) in [5, 5.41) is 3.89. The molecule has 5 nitrogen and oxygen atoms in total. The molecule has 0 spiro atoms. The lowest BCUT2D eigenvalue weighted by Gasteiger charge is -2.05. The SMILES string of the molecule is C=CCOc1ccc(C=NNC(=O)COc2ccc(Br)cc2)cc1. The van der Waals surface area contributed by atoms with Gasteiger partial charge in [0.1, 0.15) is 18.1 Å². The van der Waals surface area contributed by atoms with E-state index in [-0.39, 0.29) is 12.5 Å². The molecule has 0 aliphatic carbocycles. The fourth-order valence-corrected chi connectivity index (χ4v) is 1.96. The standard InChI is InChI=1S/C18H17BrN2O3/c1-2-11-23-16-7-3-14(4-8-16)12-20-21-18(22)13-24-17-9-5-15(19)6-10-17/h2-10,12H,1,11,13H2,(H,21,22). The van der Waals surface area contributed by atoms with Crippen LogP contribution in [0.15, 0.2) is 70.8 Å². The monoisotopic (exact) mass is 388 g/mol. The molecule has 2 aromatic carbocycles. The van der Waals surface area contributed by atoms with Gasteiger partial charge in [-0.3, -0.25) is 4.79 Å². The molecule has 0 heterocycles. The van der Waals surface area contributed by atoms with Crippen LogP contribution in [-0.2, 0) is 4.79 Å². The molecule has 0 atom stereocenters. The molecule has 0 aromatic heterocycles. The highest BCUT2D eigenvalue weighted by Crippen LogP contribution is 2.15. The molecule has 1 N–H and O–H groups in total. The molecule has 0 aliphatic heterocycles. The fourth-order valence-electron chi connectivity index (χ4n) is 1.70. The molecule has 2 aromatic rings. The van der Waals surface area contributed by atoms with Crippen LogP contribution in [-0.4, -0.2) is 25.3 Å². The smallest absolute Gasteiger partial charge is 0.277 e. The Hall–Kier alpha value is -2.60. The summed E-state index contributed by atoms with van der Waals surface area (Å²) in [6.07, 6.45) is 3.23. The first-order valence-electron chi connectivity index (χ1n) is 7.21. The number of halogens is 1. The molecule has 0 radical (unpaired) electrons. The molecule has 124 valence electrons. The number of carbonyl (C=O) groups is 1. The van der Waals surface area contributed by atoms with Crippen molar-refractivity contribution < 1.29 is 14.3 Å². The van der Waals surface area contributed by atoms with Crippen LogP contribution in [0.2, 0.25) is 0 Å². The van der Waals surface area contributed by atoms with Crippen molar-refractivity contribution in [2.45, 2.75) is 0 Å². The summed E-state index contributed by atoms with van der Waals surface area (Å²) in [5.41, 5.74) is 3.26. The van der Waals surface area contributed by atoms with Gasteiger partial charge >= 0.3 is 0 Å². The van der Waals surface area contributed by atoms with Crippen molar-refractivity contribution in [3.8, 4) is 11.5 Å². The van der Waals surface area contributed by atoms with E-state index >= 15 is 0 Å². The molecule has 24 heavy (non-hydrogen) atoms. The number of carbonyl (C=O) groups excluding carboxylic acids is 1. The van der Waals surface area contributed by atoms with Gasteiger partial charge in [0.15, 0.2) is 6.61 Å². The van der Waals surface area contributed by atoms with Crippen molar-refractivity contribution in [3.63, 3.8) is 0 Å². The first kappa shape index (κ1) is 17.7. The van der Waals surface area contributed by atoms with E-state index in [1.165, 1.54) is 0 Å². The number of ether oxygens (including phenoxy) is 2. The Morgan fingerprint density at radius 3 is 2.38 bits per heavy atom. The van der Waals surface area contributed by atoms with Gasteiger partial charge in [-0.05, 0) is 54.1 Å². The largest absolute Gasteiger partial charge is 0.490 e. The van der Waals surface area contributed by atoms with Gasteiger partial charge in [0, 0.05) is 4.47 Å². The Morgan fingerprint density at radius 2 is 1.71 bits per heavy atom. The first-order chi connectivity index (χ1) is 11.7. The summed E-state index contributed by atoms with van der Waals surface area (Å²) in [7, 11) is 0. The third-order valence-corrected chi connectivity index (χ3v) is 3.36. The Labute approximate surface area is 149 Å². The van der Waals surface area contributed by atoms with Gasteiger partial charge in [-0.15, -0.1) is 0 Å². The Morgan fingerprint density at radius 1 is 1.08 bits per heavy atom. The minimum atomic E-state index is -0.333. The molecule has 0 saturated heterocycles. The van der Waals surface area contributed by atoms with Gasteiger partial charge in [0.05, 0.1) is 6.21 Å². The molecule has 2 rings (SSSR count). The average molecular weight is 389 g/mol. The van der Waals surface area contributed by atoms with Crippen LogP contribution in [0, 0.1) is 0 Å². The van der Waals surface area contributed by atoms with E-state index in [0.29, 0.717) is 12.4 Å². The van der Waals surface area contributed by atoms with Gasteiger partial charge in [0.2, 0.25) is 0 Å². The third-order valence-electron chi connectivity index (χ3n) is 2.83. The van der Waals surface area contributed by atoms with E-state index < -0.39 is 0 Å². The van der Waals surface area contributed by atoms with E-state index in [1.54, 1.807) is 24.4 Å². The van der Waals surface area contributed by atoms with Crippen molar-refractivity contribution in [3.05, 3.63) is 71.2 Å². The van der Waals surface area contributed by atoms with Crippen molar-refractivity contribution in [2.75, 3.05) is 13.2 Å². The molecule has 6 heteroatoms. The van der Waals surface area contributed by atoms with Crippen LogP contribution in [0.25, 0.3) is 0 Å². The summed E-state index contributed by atoms with van der Waals surface area (Å²) < 4.78 is 11.7. The number of hydrogen-bond donors (Lipinski definition) is 1. The summed E-state index contributed by atoms with van der Waals surface area (Å²) in [6.45, 7) is 3.95. The number of hydrazone groups is 1. The minimum absolute atomic E-state index is 0.104. The number of nitrogens with one attached hydrogen (secondary N) is 1. The zero-order chi connectivity index (χ0) is 17.2. The van der Waals surface area contributed by atoms with E-state index in [1.807, 2.05) is 36.4 Å². The summed E-state index contributed by atoms with van der Waals surface area (Å²) in [4.78, 5) is 11.7. The van der Waals surface area contributed by atoms with Crippen LogP contribution < -0.4 is 14.9 Å². The van der Waals surface area contributed by atoms with Gasteiger partial charge in [0.25, 0.3) is 5.91 Å². The number of rotatable bonds is 8. The predicted molar refractivity (Wildman–Crippen MR) is 97.5 cm³/mol. The van der Waals surface area contributed by atoms with E-state index in [4.69, 9.17) is 9.47 Å². The lowest BCUT2D eigenvalue weighted by atomic mass is 10.2. The van der Waals surface area contributed by atoms with Crippen molar-refractivity contribution in [2.24, 2.45) is 5.10 Å². The Bertz CT molecular complexity index is 697. The molecule has 0 bridgehead atoms. The zero-order valence-electron chi connectivity index (χ0n) is 12.9. The molecular weight excluding hydrogens is 372 g/mol. The van der Waals surface area contributed by atoms with Gasteiger partial charge in [-0.1, -0.05) is 28.6 Å². The summed E-state index contributed by atoms with van der Waals surface area (Å²) in [5.74, 6) is 1.03. The lowest BCUT2D eigenvalue weighted by molar-refractivity contribution is -0.123. The number of amides is 1. The zero-order valence-corrected chi connectivity index (χ0v) is 14.5. The average Bonchev–Trinajstić information content (AvgIpc) is 2.60. The van der Waals surface area contributed by atoms with Crippen LogP contribution in [0.5, 0.6) is 11.5 Å². The minimum Gasteiger partial charge on any atom is -0.490 e. The fraction of sp³-hybridized carbons (Fsp3) is 0.111. The molecule has 0 saturated carbocycles. The maximum Gasteiger partial charge on any atom is 0.277 e. The van der Waals surface area contributed by atoms with Crippen LogP contribution in [0.4, 0.5) is 0 Å². The first-order valence-corrected chi connectivity index (χ1v) is 8.00. The van der Waals surface area contributed by atoms with Crippen LogP contribution in [0.1, 0.15) is 5.56 Å². The lowest BCUT2D eigenvalue weighted by Crippen LogP contribution is -2.24. The number of benzene rings is 2. The number of nitrogens with zero attached hydrogens (tertiary/aromatic N) is 1. The summed E-state index contributed by atoms with van der Waals surface area (Å²) in [6, 6.07) is 14.6. The molecule has 0 fully saturated rings. The van der Waals surface area contributed by atoms with Gasteiger partial charge in [-0.2, -0.15) is 5.10 Å². The topological polar surface area (TPSA) is 59.9 Å². The van der Waals surface area contributed by atoms with Crippen LogP contribution in [0.3, 0.4) is 0 Å². The summed E-state index contributed by atoms with van der Waals surface area (Å²) >= 11 is 3.33. The normalized spacial score (nSPS) is 10.4. The molecule has 0 unspecified atom stereocenters. The maximum absolute atomic E-state index is 11.7. The highest BCUT2D eigenvalue weighted by molar-refractivity contribution is 9.10. The molecule has 1 amide bonds. The second-order valence-electron chi connectivity index (χ2n) is 4.70. The predicted octanol–water partition coefficient (Wildman–Crippen LogP) is 3.54. The van der Waals surface area contributed by atoms with E-state index in [9.17, 15) is 4.79 Å². The number of hydrogen-bond acceptors (Lipinski definition) is 4. The van der Waals surface area contributed by atoms with Crippen molar-refractivity contribution in [1.29, 1.82) is 0 Å². The van der Waals surface area contributed by atoms with E-state index in [0.717, 1.165) is 15.8 Å². The highest BCUT2D eigenvalue weighted by Gasteiger charge is 2.01. The van der Waals surface area contributed by atoms with Crippen molar-refractivity contribution in [1.82, 2.24) is 5.43 Å². The van der Waals surface area contributed by atoms with Crippen LogP contribution >= 0.6 is 15.9 Å². The quantitative estimate of drug-likeness (QED) is 0.427. The van der Waals surface area contributed by atoms with Gasteiger partial charge < -0.3 is 9.47 Å². The van der Waals surface area contributed by atoms with Gasteiger partial charge in [-0.25, -0.2) is 5.43 Å². The van der Waals surface area contributed by atoms with Crippen molar-refractivity contribution >= 4 is 28.1 Å². The maximum atomic E-state index is 11.7. The highest BCUT2D eigenvalue weighted by atomic mass is 79.9. The third kappa shape index (κ3) is 6.26. The second kappa shape index (κ2) is 9.52. The molecule has 0 aliphatic rings. The Kier molecular flexibility index (Phi) is 7.04.